The SMILES string of the molecule is O=C(OO)C(F)(F)F.[C-]#[N+]c1ccc(NC(=O)C(C)(O)CSc2ccc(F)cc2)cc1C(F)(F)F.[C-]#[N+]c1ccc(NC(=O)C(C)(O)CSc2ccc(F)cc2)cc1C(F)(F)F. The van der Waals surface area contributed by atoms with Crippen LogP contribution in [0.25, 0.3) is 9.69 Å². The molecule has 2 unspecified atom stereocenters. The Hall–Kier alpha value is -5.92. The lowest BCUT2D eigenvalue weighted by atomic mass is 10.1. The zero-order valence-electron chi connectivity index (χ0n) is 31.3. The second-order valence-corrected chi connectivity index (χ2v) is 14.6. The maximum atomic E-state index is 13.0. The van der Waals surface area contributed by atoms with E-state index in [1.807, 2.05) is 0 Å². The Morgan fingerprint density at radius 3 is 1.18 bits per heavy atom. The molecule has 0 aliphatic heterocycles. The van der Waals surface area contributed by atoms with Crippen molar-refractivity contribution in [3.63, 3.8) is 0 Å². The number of hydrogen-bond donors (Lipinski definition) is 5. The van der Waals surface area contributed by atoms with Gasteiger partial charge in [0.25, 0.3) is 11.8 Å². The number of benzene rings is 4. The molecule has 0 aliphatic rings. The van der Waals surface area contributed by atoms with Gasteiger partial charge in [0.1, 0.15) is 22.8 Å². The second kappa shape index (κ2) is 21.7. The summed E-state index contributed by atoms with van der Waals surface area (Å²) in [7, 11) is 0. The van der Waals surface area contributed by atoms with E-state index in [4.69, 9.17) is 18.4 Å². The van der Waals surface area contributed by atoms with Gasteiger partial charge in [-0.25, -0.2) is 23.3 Å². The van der Waals surface area contributed by atoms with Crippen LogP contribution in [0.5, 0.6) is 0 Å². The zero-order valence-corrected chi connectivity index (χ0v) is 33.0. The van der Waals surface area contributed by atoms with Crippen LogP contribution in [-0.4, -0.2) is 62.1 Å². The first-order valence-electron chi connectivity index (χ1n) is 16.5. The molecule has 0 saturated heterocycles. The van der Waals surface area contributed by atoms with Crippen LogP contribution in [0, 0.1) is 24.8 Å². The Morgan fingerprint density at radius 1 is 0.613 bits per heavy atom. The van der Waals surface area contributed by atoms with Crippen LogP contribution in [0.1, 0.15) is 25.0 Å². The van der Waals surface area contributed by atoms with Gasteiger partial charge in [0, 0.05) is 32.7 Å². The molecule has 0 aromatic heterocycles. The molecule has 4 aromatic carbocycles. The molecule has 11 nitrogen and oxygen atoms in total. The molecule has 2 amide bonds. The van der Waals surface area contributed by atoms with Gasteiger partial charge < -0.3 is 20.8 Å². The highest BCUT2D eigenvalue weighted by Crippen LogP contribution is 2.39. The van der Waals surface area contributed by atoms with E-state index in [0.29, 0.717) is 21.9 Å². The van der Waals surface area contributed by atoms with E-state index in [1.165, 1.54) is 62.4 Å². The first kappa shape index (κ1) is 52.2. The lowest BCUT2D eigenvalue weighted by Gasteiger charge is -2.22. The monoisotopic (exact) mass is 926 g/mol. The van der Waals surface area contributed by atoms with Crippen molar-refractivity contribution in [2.24, 2.45) is 0 Å². The van der Waals surface area contributed by atoms with Gasteiger partial charge in [-0.3, -0.25) is 14.5 Å². The predicted molar refractivity (Wildman–Crippen MR) is 203 cm³/mol. The summed E-state index contributed by atoms with van der Waals surface area (Å²) in [6.45, 7) is 16.0. The van der Waals surface area contributed by atoms with Crippen LogP contribution in [0.3, 0.4) is 0 Å². The van der Waals surface area contributed by atoms with Crippen LogP contribution >= 0.6 is 23.5 Å². The summed E-state index contributed by atoms with van der Waals surface area (Å²) >= 11 is 2.18. The number of nitrogens with zero attached hydrogens (tertiary/aromatic N) is 2. The molecule has 0 bridgehead atoms. The van der Waals surface area contributed by atoms with Crippen molar-refractivity contribution in [1.82, 2.24) is 0 Å². The third-order valence-corrected chi connectivity index (χ3v) is 9.94. The van der Waals surface area contributed by atoms with Gasteiger partial charge in [-0.2, -0.15) is 44.8 Å². The predicted octanol–water partition coefficient (Wildman–Crippen LogP) is 10.3. The Balaban J connectivity index is 0.000000363. The summed E-state index contributed by atoms with van der Waals surface area (Å²) in [6, 6.07) is 16.3. The molecular weight excluding hydrogens is 898 g/mol. The second-order valence-electron chi connectivity index (χ2n) is 12.5. The molecule has 4 aromatic rings. The van der Waals surface area contributed by atoms with E-state index in [-0.39, 0.29) is 22.9 Å². The van der Waals surface area contributed by atoms with Crippen molar-refractivity contribution in [2.45, 2.75) is 53.4 Å². The number of aliphatic hydroxyl groups is 2. The van der Waals surface area contributed by atoms with E-state index < -0.39 is 81.7 Å². The summed E-state index contributed by atoms with van der Waals surface area (Å²) in [5.41, 5.74) is -7.67. The number of thioether (sulfide) groups is 2. The first-order chi connectivity index (χ1) is 28.5. The van der Waals surface area contributed by atoms with Crippen LogP contribution in [0.4, 0.5) is 71.0 Å². The smallest absolute Gasteiger partial charge is 0.379 e. The quantitative estimate of drug-likeness (QED) is 0.0344. The molecule has 62 heavy (non-hydrogen) atoms. The minimum absolute atomic E-state index is 0.100. The summed E-state index contributed by atoms with van der Waals surface area (Å²) < 4.78 is 136. The molecule has 0 spiro atoms. The Morgan fingerprint density at radius 2 is 0.935 bits per heavy atom. The largest absolute Gasteiger partial charge is 0.494 e. The first-order valence-corrected chi connectivity index (χ1v) is 18.5. The lowest BCUT2D eigenvalue weighted by Crippen LogP contribution is -2.42. The molecule has 5 N–H and O–H groups in total. The molecule has 0 saturated carbocycles. The maximum absolute atomic E-state index is 13.0. The van der Waals surface area contributed by atoms with Crippen LogP contribution in [-0.2, 0) is 31.6 Å². The van der Waals surface area contributed by atoms with Gasteiger partial charge in [0.05, 0.1) is 24.3 Å². The minimum Gasteiger partial charge on any atom is -0.379 e. The van der Waals surface area contributed by atoms with Crippen molar-refractivity contribution < 1.29 is 83.0 Å². The highest BCUT2D eigenvalue weighted by Gasteiger charge is 2.41. The molecule has 2 atom stereocenters. The van der Waals surface area contributed by atoms with E-state index in [2.05, 4.69) is 25.2 Å². The molecule has 4 rings (SSSR count). The number of amides is 2. The van der Waals surface area contributed by atoms with E-state index in [1.54, 1.807) is 0 Å². The number of halogens is 11. The molecular formula is C38H29F11N4O7S2. The average Bonchev–Trinajstić information content (AvgIpc) is 3.19. The Kier molecular flexibility index (Phi) is 18.3. The zero-order chi connectivity index (χ0) is 47.3. The van der Waals surface area contributed by atoms with E-state index >= 15 is 0 Å². The Labute approximate surface area is 352 Å². The standard InChI is InChI=1S/2C18H14F4N2O2S.C2HF3O3/c2*1-17(26,10-27-13-6-3-11(19)4-7-13)16(25)24-12-5-8-15(23-2)14(9-12)18(20,21)22;3-2(4,5)1(6)8-7/h2*3-9,26H,10H2,1H3,(H,24,25);7H. The van der Waals surface area contributed by atoms with Gasteiger partial charge in [-0.15, -0.1) is 23.5 Å². The molecule has 0 radical (unpaired) electrons. The molecule has 0 aliphatic carbocycles. The minimum atomic E-state index is -5.10. The number of carbonyl (C=O) groups excluding carboxylic acids is 3. The number of anilines is 2. The van der Waals surface area contributed by atoms with Crippen molar-refractivity contribution in [1.29, 1.82) is 0 Å². The van der Waals surface area contributed by atoms with Gasteiger partial charge in [0.2, 0.25) is 0 Å². The number of nitrogens with one attached hydrogen (secondary N) is 2. The number of alkyl halides is 9. The van der Waals surface area contributed by atoms with Crippen LogP contribution in [0.15, 0.2) is 94.7 Å². The van der Waals surface area contributed by atoms with Gasteiger partial charge in [-0.1, -0.05) is 12.1 Å². The fraction of sp³-hybridized carbons (Fsp3) is 0.237. The maximum Gasteiger partial charge on any atom is 0.494 e. The van der Waals surface area contributed by atoms with Crippen LogP contribution in [0.2, 0.25) is 0 Å². The van der Waals surface area contributed by atoms with Crippen LogP contribution < -0.4 is 10.6 Å². The lowest BCUT2D eigenvalue weighted by molar-refractivity contribution is -0.272. The van der Waals surface area contributed by atoms with Crippen molar-refractivity contribution in [2.75, 3.05) is 22.1 Å². The fourth-order valence-corrected chi connectivity index (χ4v) is 5.92. The van der Waals surface area contributed by atoms with Gasteiger partial charge in [0.15, 0.2) is 11.4 Å². The molecule has 332 valence electrons. The van der Waals surface area contributed by atoms with Crippen molar-refractivity contribution in [3.05, 3.63) is 131 Å². The van der Waals surface area contributed by atoms with Gasteiger partial charge in [-0.05, 0) is 86.6 Å². The summed E-state index contributed by atoms with van der Waals surface area (Å²) in [6.07, 6.45) is -14.6. The summed E-state index contributed by atoms with van der Waals surface area (Å²) in [5, 5.41) is 32.2. The van der Waals surface area contributed by atoms with E-state index in [0.717, 1.165) is 47.8 Å². The molecule has 0 heterocycles. The fourth-order valence-electron chi connectivity index (χ4n) is 4.10. The summed E-state index contributed by atoms with van der Waals surface area (Å²) in [5.74, 6) is -5.47. The normalized spacial score (nSPS) is 13.2. The average molecular weight is 927 g/mol. The number of carbonyl (C=O) groups is 3. The summed E-state index contributed by atoms with van der Waals surface area (Å²) in [4.78, 5) is 42.9. The van der Waals surface area contributed by atoms with Crippen molar-refractivity contribution in [3.8, 4) is 0 Å². The molecule has 24 heteroatoms. The highest BCUT2D eigenvalue weighted by atomic mass is 32.2. The topological polar surface area (TPSA) is 154 Å². The highest BCUT2D eigenvalue weighted by molar-refractivity contribution is 7.99. The third kappa shape index (κ3) is 16.5. The Bertz CT molecular complexity index is 2130. The van der Waals surface area contributed by atoms with E-state index in [9.17, 15) is 72.9 Å². The van der Waals surface area contributed by atoms with Crippen molar-refractivity contribution >= 4 is 64.1 Å². The molecule has 0 fully saturated rings. The number of hydrogen-bond acceptors (Lipinski definition) is 9. The third-order valence-electron chi connectivity index (χ3n) is 7.32. The van der Waals surface area contributed by atoms with Gasteiger partial charge >= 0.3 is 24.5 Å². The number of rotatable bonds is 10.